The van der Waals surface area contributed by atoms with Gasteiger partial charge in [0, 0.05) is 32.9 Å². The highest BCUT2D eigenvalue weighted by molar-refractivity contribution is 4.98. The lowest BCUT2D eigenvalue weighted by atomic mass is 10.1. The SMILES string of the molecule is Cn1cncc1CN1CC(CO)OC(C)(C)C1. The van der Waals surface area contributed by atoms with Gasteiger partial charge in [-0.05, 0) is 13.8 Å². The molecule has 0 bridgehead atoms. The van der Waals surface area contributed by atoms with E-state index in [4.69, 9.17) is 4.74 Å². The minimum Gasteiger partial charge on any atom is -0.394 e. The van der Waals surface area contributed by atoms with Crippen molar-refractivity contribution in [2.24, 2.45) is 7.05 Å². The lowest BCUT2D eigenvalue weighted by Gasteiger charge is -2.42. The number of aryl methyl sites for hydroxylation is 1. The van der Waals surface area contributed by atoms with E-state index in [-0.39, 0.29) is 18.3 Å². The number of imidazole rings is 1. The second-order valence-electron chi connectivity index (χ2n) is 5.35. The van der Waals surface area contributed by atoms with E-state index < -0.39 is 0 Å². The molecule has 0 amide bonds. The first kappa shape index (κ1) is 12.5. The number of aliphatic hydroxyl groups excluding tert-OH is 1. The molecule has 1 aromatic heterocycles. The van der Waals surface area contributed by atoms with Crippen molar-refractivity contribution in [2.75, 3.05) is 19.7 Å². The Morgan fingerprint density at radius 2 is 2.35 bits per heavy atom. The molecule has 5 heteroatoms. The van der Waals surface area contributed by atoms with Crippen molar-refractivity contribution in [1.29, 1.82) is 0 Å². The van der Waals surface area contributed by atoms with Gasteiger partial charge < -0.3 is 14.4 Å². The Hall–Kier alpha value is -0.910. The maximum Gasteiger partial charge on any atom is 0.0945 e. The Morgan fingerprint density at radius 1 is 1.59 bits per heavy atom. The lowest BCUT2D eigenvalue weighted by molar-refractivity contribution is -0.151. The Bertz CT molecular complexity index is 376. The number of nitrogens with zero attached hydrogens (tertiary/aromatic N) is 3. The molecule has 1 aliphatic rings. The number of rotatable bonds is 3. The Labute approximate surface area is 102 Å². The maximum absolute atomic E-state index is 9.25. The molecular formula is C12H21N3O2. The quantitative estimate of drug-likeness (QED) is 0.829. The number of aromatic nitrogens is 2. The van der Waals surface area contributed by atoms with E-state index in [1.165, 1.54) is 5.69 Å². The predicted molar refractivity (Wildman–Crippen MR) is 64.5 cm³/mol. The van der Waals surface area contributed by atoms with Crippen LogP contribution in [-0.2, 0) is 18.3 Å². The van der Waals surface area contributed by atoms with Gasteiger partial charge in [-0.1, -0.05) is 0 Å². The molecule has 2 rings (SSSR count). The molecule has 1 aromatic rings. The fraction of sp³-hybridized carbons (Fsp3) is 0.750. The van der Waals surface area contributed by atoms with E-state index in [0.717, 1.165) is 19.6 Å². The van der Waals surface area contributed by atoms with Gasteiger partial charge in [0.05, 0.1) is 30.3 Å². The molecule has 0 aromatic carbocycles. The van der Waals surface area contributed by atoms with Crippen LogP contribution in [0.5, 0.6) is 0 Å². The van der Waals surface area contributed by atoms with E-state index in [2.05, 4.69) is 23.7 Å². The van der Waals surface area contributed by atoms with E-state index in [0.29, 0.717) is 0 Å². The zero-order valence-electron chi connectivity index (χ0n) is 10.8. The molecule has 0 spiro atoms. The Balaban J connectivity index is 2.03. The van der Waals surface area contributed by atoms with Crippen LogP contribution in [-0.4, -0.2) is 51.0 Å². The third-order valence-corrected chi connectivity index (χ3v) is 3.06. The molecule has 0 aliphatic carbocycles. The fourth-order valence-corrected chi connectivity index (χ4v) is 2.40. The molecule has 2 heterocycles. The largest absolute Gasteiger partial charge is 0.394 e. The summed E-state index contributed by atoms with van der Waals surface area (Å²) in [6.45, 7) is 6.68. The molecule has 1 atom stereocenters. The fourth-order valence-electron chi connectivity index (χ4n) is 2.40. The molecule has 1 fully saturated rings. The van der Waals surface area contributed by atoms with Gasteiger partial charge >= 0.3 is 0 Å². The van der Waals surface area contributed by atoms with Gasteiger partial charge in [0.25, 0.3) is 0 Å². The standard InChI is InChI=1S/C12H21N3O2/c1-12(2)8-15(6-11(7-16)17-12)5-10-4-13-9-14(10)3/h4,9,11,16H,5-8H2,1-3H3. The summed E-state index contributed by atoms with van der Waals surface area (Å²) in [6.07, 6.45) is 3.60. The number of aliphatic hydroxyl groups is 1. The van der Waals surface area contributed by atoms with Crippen molar-refractivity contribution < 1.29 is 9.84 Å². The normalized spacial score (nSPS) is 25.1. The van der Waals surface area contributed by atoms with Crippen LogP contribution in [0.4, 0.5) is 0 Å². The first-order valence-electron chi connectivity index (χ1n) is 5.96. The number of ether oxygens (including phenoxy) is 1. The number of hydrogen-bond acceptors (Lipinski definition) is 4. The van der Waals surface area contributed by atoms with Gasteiger partial charge in [-0.25, -0.2) is 4.98 Å². The molecule has 1 unspecified atom stereocenters. The van der Waals surface area contributed by atoms with Crippen LogP contribution in [0, 0.1) is 0 Å². The van der Waals surface area contributed by atoms with Crippen molar-refractivity contribution in [1.82, 2.24) is 14.5 Å². The zero-order valence-corrected chi connectivity index (χ0v) is 10.8. The molecule has 17 heavy (non-hydrogen) atoms. The van der Waals surface area contributed by atoms with Gasteiger partial charge in [-0.15, -0.1) is 0 Å². The summed E-state index contributed by atoms with van der Waals surface area (Å²) in [5, 5.41) is 9.25. The third kappa shape index (κ3) is 3.06. The highest BCUT2D eigenvalue weighted by atomic mass is 16.5. The molecule has 5 nitrogen and oxygen atoms in total. The second kappa shape index (κ2) is 4.76. The molecule has 1 aliphatic heterocycles. The monoisotopic (exact) mass is 239 g/mol. The molecule has 1 N–H and O–H groups in total. The molecule has 96 valence electrons. The van der Waals surface area contributed by atoms with Crippen molar-refractivity contribution in [3.05, 3.63) is 18.2 Å². The first-order chi connectivity index (χ1) is 8.00. The summed E-state index contributed by atoms with van der Waals surface area (Å²) in [5.41, 5.74) is 0.976. The summed E-state index contributed by atoms with van der Waals surface area (Å²) in [5.74, 6) is 0. The van der Waals surface area contributed by atoms with Crippen LogP contribution in [0.1, 0.15) is 19.5 Å². The highest BCUT2D eigenvalue weighted by Crippen LogP contribution is 2.22. The van der Waals surface area contributed by atoms with Crippen molar-refractivity contribution in [2.45, 2.75) is 32.1 Å². The summed E-state index contributed by atoms with van der Waals surface area (Å²) in [6, 6.07) is 0. The Morgan fingerprint density at radius 3 is 2.94 bits per heavy atom. The van der Waals surface area contributed by atoms with Crippen LogP contribution in [0.25, 0.3) is 0 Å². The maximum atomic E-state index is 9.25. The molecular weight excluding hydrogens is 218 g/mol. The zero-order chi connectivity index (χ0) is 12.5. The van der Waals surface area contributed by atoms with Crippen LogP contribution < -0.4 is 0 Å². The molecule has 0 radical (unpaired) electrons. The van der Waals surface area contributed by atoms with E-state index in [1.54, 1.807) is 0 Å². The summed E-state index contributed by atoms with van der Waals surface area (Å²) in [7, 11) is 2.00. The first-order valence-corrected chi connectivity index (χ1v) is 5.96. The van der Waals surface area contributed by atoms with Crippen LogP contribution >= 0.6 is 0 Å². The average Bonchev–Trinajstić information content (AvgIpc) is 2.62. The van der Waals surface area contributed by atoms with Gasteiger partial charge in [-0.3, -0.25) is 4.90 Å². The van der Waals surface area contributed by atoms with Crippen LogP contribution in [0.15, 0.2) is 12.5 Å². The predicted octanol–water partition coefficient (Wildman–Crippen LogP) is 0.392. The smallest absolute Gasteiger partial charge is 0.0945 e. The van der Waals surface area contributed by atoms with Gasteiger partial charge in [0.15, 0.2) is 0 Å². The number of morpholine rings is 1. The van der Waals surface area contributed by atoms with Gasteiger partial charge in [0.1, 0.15) is 0 Å². The van der Waals surface area contributed by atoms with Gasteiger partial charge in [-0.2, -0.15) is 0 Å². The minimum atomic E-state index is -0.204. The third-order valence-electron chi connectivity index (χ3n) is 3.06. The summed E-state index contributed by atoms with van der Waals surface area (Å²) in [4.78, 5) is 6.43. The van der Waals surface area contributed by atoms with Crippen LogP contribution in [0.2, 0.25) is 0 Å². The van der Waals surface area contributed by atoms with Crippen molar-refractivity contribution >= 4 is 0 Å². The lowest BCUT2D eigenvalue weighted by Crippen LogP contribution is -2.53. The van der Waals surface area contributed by atoms with E-state index in [9.17, 15) is 5.11 Å². The minimum absolute atomic E-state index is 0.0747. The second-order valence-corrected chi connectivity index (χ2v) is 5.35. The summed E-state index contributed by atoms with van der Waals surface area (Å²) >= 11 is 0. The molecule has 1 saturated heterocycles. The van der Waals surface area contributed by atoms with Crippen LogP contribution in [0.3, 0.4) is 0 Å². The number of hydrogen-bond donors (Lipinski definition) is 1. The average molecular weight is 239 g/mol. The van der Waals surface area contributed by atoms with E-state index in [1.807, 2.05) is 24.1 Å². The summed E-state index contributed by atoms with van der Waals surface area (Å²) < 4.78 is 7.81. The van der Waals surface area contributed by atoms with Crippen molar-refractivity contribution in [3.63, 3.8) is 0 Å². The topological polar surface area (TPSA) is 50.5 Å². The molecule has 0 saturated carbocycles. The highest BCUT2D eigenvalue weighted by Gasteiger charge is 2.33. The van der Waals surface area contributed by atoms with Crippen molar-refractivity contribution in [3.8, 4) is 0 Å². The Kier molecular flexibility index (Phi) is 3.51. The van der Waals surface area contributed by atoms with E-state index >= 15 is 0 Å². The van der Waals surface area contributed by atoms with Gasteiger partial charge in [0.2, 0.25) is 0 Å².